The summed E-state index contributed by atoms with van der Waals surface area (Å²) in [6.45, 7) is 7.26. The van der Waals surface area contributed by atoms with E-state index in [-0.39, 0.29) is 28.6 Å². The second-order valence-corrected chi connectivity index (χ2v) is 13.5. The molecule has 1 saturated heterocycles. The smallest absolute Gasteiger partial charge is 0.152 e. The van der Waals surface area contributed by atoms with E-state index < -0.39 is 11.4 Å². The highest BCUT2D eigenvalue weighted by molar-refractivity contribution is 7.90. The number of aromatic nitrogens is 3. The largest absolute Gasteiger partial charge is 0.598 e. The lowest BCUT2D eigenvalue weighted by Crippen LogP contribution is -2.50. The van der Waals surface area contributed by atoms with Crippen molar-refractivity contribution in [3.05, 3.63) is 75.8 Å². The van der Waals surface area contributed by atoms with Crippen LogP contribution in [-0.4, -0.2) is 42.4 Å². The minimum Gasteiger partial charge on any atom is -0.598 e. The second kappa shape index (κ2) is 11.0. The standard InChI is InChI=1S/C29H33ClN6O2S/c1-28(2,3)39(38)35-25-22-7-5-4-6-20(22)16-29(25)11-14-36(15-12-29)27-23(18-37)34-21(17-33-27)9-8-19-10-13-32-26(31)24(19)30/h4-7,10,13,17,25,35,37H,11-12,14-16,18H2,1-3H3,(H2,31,32)/t25-,39?/m1/s1. The number of piperidine rings is 1. The summed E-state index contributed by atoms with van der Waals surface area (Å²) in [4.78, 5) is 15.3. The minimum atomic E-state index is -1.18. The molecule has 5 rings (SSSR count). The van der Waals surface area contributed by atoms with Crippen LogP contribution in [-0.2, 0) is 24.4 Å². The number of nitrogens with two attached hydrogens (primary N) is 1. The first-order valence-corrected chi connectivity index (χ1v) is 14.5. The molecule has 0 amide bonds. The van der Waals surface area contributed by atoms with Gasteiger partial charge in [0.05, 0.1) is 23.9 Å². The van der Waals surface area contributed by atoms with Crippen LogP contribution < -0.4 is 15.4 Å². The number of nitrogens with one attached hydrogen (secondary N) is 1. The minimum absolute atomic E-state index is 0.0194. The summed E-state index contributed by atoms with van der Waals surface area (Å²) in [5.41, 5.74) is 9.76. The van der Waals surface area contributed by atoms with E-state index in [0.717, 1.165) is 32.4 Å². The summed E-state index contributed by atoms with van der Waals surface area (Å²) in [6.07, 6.45) is 5.91. The lowest BCUT2D eigenvalue weighted by atomic mass is 9.73. The zero-order chi connectivity index (χ0) is 27.8. The Morgan fingerprint density at radius 2 is 1.95 bits per heavy atom. The molecule has 4 N–H and O–H groups in total. The van der Waals surface area contributed by atoms with Gasteiger partial charge in [-0.2, -0.15) is 0 Å². The molecule has 1 spiro atoms. The third kappa shape index (κ3) is 5.58. The molecule has 1 aliphatic heterocycles. The Bertz CT molecular complexity index is 1430. The van der Waals surface area contributed by atoms with E-state index in [1.165, 1.54) is 11.1 Å². The zero-order valence-electron chi connectivity index (χ0n) is 22.4. The van der Waals surface area contributed by atoms with Gasteiger partial charge in [0.25, 0.3) is 0 Å². The van der Waals surface area contributed by atoms with Crippen molar-refractivity contribution in [1.29, 1.82) is 0 Å². The van der Waals surface area contributed by atoms with Gasteiger partial charge >= 0.3 is 0 Å². The van der Waals surface area contributed by atoms with Crippen LogP contribution in [0.1, 0.15) is 67.7 Å². The van der Waals surface area contributed by atoms with Gasteiger partial charge < -0.3 is 20.3 Å². The Morgan fingerprint density at radius 3 is 2.67 bits per heavy atom. The van der Waals surface area contributed by atoms with Crippen LogP contribution in [0.2, 0.25) is 5.02 Å². The SMILES string of the molecule is CC(C)(C)[S+]([O-])N[C@@H]1c2ccccc2CC12CCN(c1ncc(C#Cc3ccnc(N)c3Cl)nc1CO)CC2. The molecule has 1 unspecified atom stereocenters. The fourth-order valence-electron chi connectivity index (χ4n) is 5.43. The molecule has 8 nitrogen and oxygen atoms in total. The maximum Gasteiger partial charge on any atom is 0.152 e. The van der Waals surface area contributed by atoms with Crippen molar-refractivity contribution in [1.82, 2.24) is 19.7 Å². The van der Waals surface area contributed by atoms with Crippen LogP contribution in [0.15, 0.2) is 42.7 Å². The van der Waals surface area contributed by atoms with E-state index in [2.05, 4.69) is 60.7 Å². The number of pyridine rings is 1. The summed E-state index contributed by atoms with van der Waals surface area (Å²) in [6, 6.07) is 10.2. The number of halogens is 1. The van der Waals surface area contributed by atoms with Gasteiger partial charge in [0.15, 0.2) is 5.82 Å². The third-order valence-corrected chi connectivity index (χ3v) is 9.53. The lowest BCUT2D eigenvalue weighted by molar-refractivity contribution is 0.175. The van der Waals surface area contributed by atoms with Crippen molar-refractivity contribution < 1.29 is 9.66 Å². The Morgan fingerprint density at radius 1 is 1.21 bits per heavy atom. The molecule has 2 aromatic heterocycles. The first-order valence-electron chi connectivity index (χ1n) is 13.0. The molecular formula is C29H33ClN6O2S. The first-order chi connectivity index (χ1) is 18.6. The molecule has 3 heterocycles. The van der Waals surface area contributed by atoms with E-state index in [0.29, 0.717) is 27.8 Å². The molecule has 1 fully saturated rings. The molecule has 3 aromatic rings. The molecule has 2 aliphatic rings. The van der Waals surface area contributed by atoms with Gasteiger partial charge in [-0.25, -0.2) is 15.0 Å². The predicted octanol–water partition coefficient (Wildman–Crippen LogP) is 3.94. The highest BCUT2D eigenvalue weighted by atomic mass is 35.5. The quantitative estimate of drug-likeness (QED) is 0.322. The number of anilines is 2. The average molecular weight is 565 g/mol. The van der Waals surface area contributed by atoms with Crippen molar-refractivity contribution in [3.63, 3.8) is 0 Å². The summed E-state index contributed by atoms with van der Waals surface area (Å²) >= 11 is 5.01. The van der Waals surface area contributed by atoms with Crippen molar-refractivity contribution in [2.24, 2.45) is 5.41 Å². The van der Waals surface area contributed by atoms with E-state index in [4.69, 9.17) is 17.3 Å². The van der Waals surface area contributed by atoms with Gasteiger partial charge in [-0.3, -0.25) is 0 Å². The number of hydrogen-bond donors (Lipinski definition) is 3. The number of benzene rings is 1. The fourth-order valence-corrected chi connectivity index (χ4v) is 6.53. The fraction of sp³-hybridized carbons (Fsp3) is 0.414. The zero-order valence-corrected chi connectivity index (χ0v) is 23.9. The lowest BCUT2D eigenvalue weighted by Gasteiger charge is -2.44. The van der Waals surface area contributed by atoms with Gasteiger partial charge in [-0.05, 0) is 63.1 Å². The van der Waals surface area contributed by atoms with Crippen molar-refractivity contribution in [2.45, 2.75) is 57.4 Å². The highest BCUT2D eigenvalue weighted by Crippen LogP contribution is 2.52. The van der Waals surface area contributed by atoms with Crippen LogP contribution in [0.25, 0.3) is 0 Å². The molecule has 10 heteroatoms. The van der Waals surface area contributed by atoms with Gasteiger partial charge in [0.2, 0.25) is 0 Å². The van der Waals surface area contributed by atoms with Crippen molar-refractivity contribution in [3.8, 4) is 11.8 Å². The predicted molar refractivity (Wildman–Crippen MR) is 155 cm³/mol. The van der Waals surface area contributed by atoms with Gasteiger partial charge in [0.1, 0.15) is 22.0 Å². The topological polar surface area (TPSA) is 123 Å². The first kappa shape index (κ1) is 27.7. The highest BCUT2D eigenvalue weighted by Gasteiger charge is 2.50. The van der Waals surface area contributed by atoms with E-state index in [1.807, 2.05) is 20.8 Å². The summed E-state index contributed by atoms with van der Waals surface area (Å²) in [7, 11) is 0. The normalized spacial score (nSPS) is 18.9. The number of nitrogen functional groups attached to an aromatic ring is 1. The molecule has 0 bridgehead atoms. The Kier molecular flexibility index (Phi) is 7.77. The van der Waals surface area contributed by atoms with Crippen molar-refractivity contribution >= 4 is 34.6 Å². The van der Waals surface area contributed by atoms with Crippen LogP contribution in [0.5, 0.6) is 0 Å². The molecule has 204 valence electrons. The molecule has 2 atom stereocenters. The second-order valence-electron chi connectivity index (χ2n) is 11.1. The van der Waals surface area contributed by atoms with Gasteiger partial charge in [-0.15, -0.1) is 4.72 Å². The number of hydrogen-bond acceptors (Lipinski definition) is 8. The number of fused-ring (bicyclic) bond motifs is 1. The van der Waals surface area contributed by atoms with Crippen LogP contribution in [0.3, 0.4) is 0 Å². The summed E-state index contributed by atoms with van der Waals surface area (Å²) in [5.74, 6) is 6.81. The average Bonchev–Trinajstić information content (AvgIpc) is 3.21. The Hall–Kier alpha value is -2.87. The summed E-state index contributed by atoms with van der Waals surface area (Å²) in [5, 5.41) is 10.4. The molecule has 1 aromatic carbocycles. The molecule has 0 saturated carbocycles. The maximum absolute atomic E-state index is 13.2. The van der Waals surface area contributed by atoms with Gasteiger partial charge in [-0.1, -0.05) is 41.8 Å². The summed E-state index contributed by atoms with van der Waals surface area (Å²) < 4.78 is 16.3. The van der Waals surface area contributed by atoms with E-state index in [1.54, 1.807) is 18.5 Å². The van der Waals surface area contributed by atoms with Crippen LogP contribution in [0, 0.1) is 17.3 Å². The third-order valence-electron chi connectivity index (χ3n) is 7.57. The molecule has 39 heavy (non-hydrogen) atoms. The van der Waals surface area contributed by atoms with E-state index >= 15 is 0 Å². The Labute approximate surface area is 237 Å². The van der Waals surface area contributed by atoms with Crippen molar-refractivity contribution in [2.75, 3.05) is 23.7 Å². The Balaban J connectivity index is 1.35. The van der Waals surface area contributed by atoms with Crippen LogP contribution in [0.4, 0.5) is 11.6 Å². The number of nitrogens with zero attached hydrogens (tertiary/aromatic N) is 4. The van der Waals surface area contributed by atoms with E-state index in [9.17, 15) is 9.66 Å². The molecule has 0 radical (unpaired) electrons. The molecule has 1 aliphatic carbocycles. The number of aliphatic hydroxyl groups is 1. The van der Waals surface area contributed by atoms with Crippen LogP contribution >= 0.6 is 11.6 Å². The van der Waals surface area contributed by atoms with Gasteiger partial charge in [0, 0.05) is 41.6 Å². The maximum atomic E-state index is 13.2. The monoisotopic (exact) mass is 564 g/mol. The number of aliphatic hydroxyl groups excluding tert-OH is 1. The molecular weight excluding hydrogens is 532 g/mol. The number of rotatable bonds is 4.